The Bertz CT molecular complexity index is 742. The van der Waals surface area contributed by atoms with E-state index >= 15 is 0 Å². The number of hydrogen-bond acceptors (Lipinski definition) is 6. The van der Waals surface area contributed by atoms with Crippen molar-refractivity contribution in [1.29, 1.82) is 0 Å². The SMILES string of the molecule is CC(C)CC(=O)N1CCN(c2cc(Cl)nc(SCC(=O)N3CCCC3)n2)CC1C. The summed E-state index contributed by atoms with van der Waals surface area (Å²) in [7, 11) is 0. The van der Waals surface area contributed by atoms with Crippen molar-refractivity contribution in [3.8, 4) is 0 Å². The molecule has 2 saturated heterocycles. The normalized spacial score (nSPS) is 19.9. The van der Waals surface area contributed by atoms with Gasteiger partial charge in [0.25, 0.3) is 0 Å². The molecule has 1 unspecified atom stereocenters. The highest BCUT2D eigenvalue weighted by atomic mass is 35.5. The summed E-state index contributed by atoms with van der Waals surface area (Å²) < 4.78 is 0. The second-order valence-corrected chi connectivity index (χ2v) is 9.52. The van der Waals surface area contributed by atoms with Crippen LogP contribution < -0.4 is 4.90 Å². The zero-order valence-corrected chi connectivity index (χ0v) is 19.0. The predicted molar refractivity (Wildman–Crippen MR) is 116 cm³/mol. The Hall–Kier alpha value is -1.54. The van der Waals surface area contributed by atoms with Crippen molar-refractivity contribution in [2.45, 2.75) is 51.2 Å². The molecule has 29 heavy (non-hydrogen) atoms. The van der Waals surface area contributed by atoms with Gasteiger partial charge < -0.3 is 14.7 Å². The third kappa shape index (κ3) is 5.98. The molecular formula is C20H30ClN5O2S. The van der Waals surface area contributed by atoms with Crippen molar-refractivity contribution in [3.05, 3.63) is 11.2 Å². The number of anilines is 1. The summed E-state index contributed by atoms with van der Waals surface area (Å²) in [6.07, 6.45) is 2.74. The number of halogens is 1. The Morgan fingerprint density at radius 3 is 2.55 bits per heavy atom. The molecule has 3 rings (SSSR count). The third-order valence-electron chi connectivity index (χ3n) is 5.30. The van der Waals surface area contributed by atoms with Crippen LogP contribution in [0.3, 0.4) is 0 Å². The molecule has 0 aromatic carbocycles. The van der Waals surface area contributed by atoms with Crippen molar-refractivity contribution < 1.29 is 9.59 Å². The van der Waals surface area contributed by atoms with Gasteiger partial charge in [0.05, 0.1) is 5.75 Å². The number of nitrogens with zero attached hydrogens (tertiary/aromatic N) is 5. The Morgan fingerprint density at radius 1 is 1.17 bits per heavy atom. The molecule has 0 bridgehead atoms. The zero-order valence-electron chi connectivity index (χ0n) is 17.4. The lowest BCUT2D eigenvalue weighted by atomic mass is 10.1. The van der Waals surface area contributed by atoms with E-state index in [9.17, 15) is 9.59 Å². The van der Waals surface area contributed by atoms with Gasteiger partial charge in [0.2, 0.25) is 11.8 Å². The van der Waals surface area contributed by atoms with Crippen LogP contribution in [0.25, 0.3) is 0 Å². The van der Waals surface area contributed by atoms with Crippen molar-refractivity contribution >= 4 is 41.0 Å². The van der Waals surface area contributed by atoms with Gasteiger partial charge >= 0.3 is 0 Å². The number of hydrogen-bond donors (Lipinski definition) is 0. The number of piperazine rings is 1. The first kappa shape index (κ1) is 22.2. The van der Waals surface area contributed by atoms with Gasteiger partial charge in [-0.15, -0.1) is 0 Å². The zero-order chi connectivity index (χ0) is 21.0. The Balaban J connectivity index is 1.61. The van der Waals surface area contributed by atoms with E-state index in [2.05, 4.69) is 35.6 Å². The number of likely N-dealkylation sites (tertiary alicyclic amines) is 1. The molecule has 2 fully saturated rings. The summed E-state index contributed by atoms with van der Waals surface area (Å²) in [6.45, 7) is 9.97. The minimum Gasteiger partial charge on any atom is -0.353 e. The fourth-order valence-corrected chi connectivity index (χ4v) is 4.78. The van der Waals surface area contributed by atoms with Crippen LogP contribution in [-0.4, -0.2) is 76.1 Å². The van der Waals surface area contributed by atoms with Crippen LogP contribution in [0.15, 0.2) is 11.2 Å². The van der Waals surface area contributed by atoms with E-state index in [0.717, 1.165) is 31.7 Å². The third-order valence-corrected chi connectivity index (χ3v) is 6.32. The highest BCUT2D eigenvalue weighted by Crippen LogP contribution is 2.25. The number of rotatable bonds is 6. The van der Waals surface area contributed by atoms with Crippen LogP contribution in [0.4, 0.5) is 5.82 Å². The minimum absolute atomic E-state index is 0.108. The largest absolute Gasteiger partial charge is 0.353 e. The lowest BCUT2D eigenvalue weighted by Gasteiger charge is -2.40. The molecule has 1 aromatic heterocycles. The standard InChI is InChI=1S/C20H30ClN5O2S/c1-14(2)10-18(27)26-9-8-25(12-15(26)3)17-11-16(21)22-20(23-17)29-13-19(28)24-6-4-5-7-24/h11,14-15H,4-10,12-13H2,1-3H3. The van der Waals surface area contributed by atoms with E-state index in [-0.39, 0.29) is 17.9 Å². The maximum absolute atomic E-state index is 12.4. The predicted octanol–water partition coefficient (Wildman–Crippen LogP) is 2.93. The highest BCUT2D eigenvalue weighted by Gasteiger charge is 2.28. The highest BCUT2D eigenvalue weighted by molar-refractivity contribution is 7.99. The van der Waals surface area contributed by atoms with Gasteiger partial charge in [0, 0.05) is 51.3 Å². The topological polar surface area (TPSA) is 69.6 Å². The first-order valence-corrected chi connectivity index (χ1v) is 11.7. The molecule has 9 heteroatoms. The summed E-state index contributed by atoms with van der Waals surface area (Å²) in [4.78, 5) is 39.6. The Labute approximate surface area is 182 Å². The molecule has 1 aromatic rings. The van der Waals surface area contributed by atoms with Gasteiger partial charge in [-0.25, -0.2) is 9.97 Å². The summed E-state index contributed by atoms with van der Waals surface area (Å²) in [5.41, 5.74) is 0. The minimum atomic E-state index is 0.108. The van der Waals surface area contributed by atoms with Crippen LogP contribution >= 0.6 is 23.4 Å². The fourth-order valence-electron chi connectivity index (χ4n) is 3.80. The number of carbonyl (C=O) groups is 2. The monoisotopic (exact) mass is 439 g/mol. The average Bonchev–Trinajstić information content (AvgIpc) is 3.20. The van der Waals surface area contributed by atoms with E-state index in [4.69, 9.17) is 11.6 Å². The second kappa shape index (κ2) is 9.98. The molecule has 2 amide bonds. The molecule has 0 aliphatic carbocycles. The van der Waals surface area contributed by atoms with Crippen molar-refractivity contribution in [2.24, 2.45) is 5.92 Å². The van der Waals surface area contributed by atoms with Gasteiger partial charge in [-0.1, -0.05) is 37.2 Å². The molecule has 160 valence electrons. The van der Waals surface area contributed by atoms with E-state index in [0.29, 0.717) is 48.0 Å². The van der Waals surface area contributed by atoms with Gasteiger partial charge in [-0.05, 0) is 25.7 Å². The molecule has 0 saturated carbocycles. The lowest BCUT2D eigenvalue weighted by molar-refractivity contribution is -0.134. The van der Waals surface area contributed by atoms with Crippen LogP contribution in [0.1, 0.15) is 40.0 Å². The second-order valence-electron chi connectivity index (χ2n) is 8.19. The molecule has 2 aliphatic rings. The van der Waals surface area contributed by atoms with E-state index in [1.807, 2.05) is 9.80 Å². The smallest absolute Gasteiger partial charge is 0.233 e. The van der Waals surface area contributed by atoms with Crippen LogP contribution in [0.2, 0.25) is 5.15 Å². The van der Waals surface area contributed by atoms with Gasteiger partial charge in [-0.2, -0.15) is 0 Å². The van der Waals surface area contributed by atoms with Crippen molar-refractivity contribution in [1.82, 2.24) is 19.8 Å². The van der Waals surface area contributed by atoms with Gasteiger partial charge in [0.1, 0.15) is 11.0 Å². The van der Waals surface area contributed by atoms with Crippen LogP contribution in [0, 0.1) is 5.92 Å². The molecule has 7 nitrogen and oxygen atoms in total. The number of thioether (sulfide) groups is 1. The molecule has 2 aliphatic heterocycles. The first-order chi connectivity index (χ1) is 13.8. The summed E-state index contributed by atoms with van der Waals surface area (Å²) in [5, 5.41) is 0.892. The molecule has 0 N–H and O–H groups in total. The van der Waals surface area contributed by atoms with Crippen molar-refractivity contribution in [2.75, 3.05) is 43.4 Å². The van der Waals surface area contributed by atoms with Crippen LogP contribution in [0.5, 0.6) is 0 Å². The maximum Gasteiger partial charge on any atom is 0.233 e. The Kier molecular flexibility index (Phi) is 7.62. The number of aromatic nitrogens is 2. The molecular weight excluding hydrogens is 410 g/mol. The Morgan fingerprint density at radius 2 is 1.90 bits per heavy atom. The first-order valence-electron chi connectivity index (χ1n) is 10.3. The van der Waals surface area contributed by atoms with E-state index in [1.165, 1.54) is 11.8 Å². The molecule has 1 atom stereocenters. The number of carbonyl (C=O) groups excluding carboxylic acids is 2. The summed E-state index contributed by atoms with van der Waals surface area (Å²) >= 11 is 7.57. The lowest BCUT2D eigenvalue weighted by Crippen LogP contribution is -2.54. The van der Waals surface area contributed by atoms with Gasteiger partial charge in [0.15, 0.2) is 5.16 Å². The fraction of sp³-hybridized carbons (Fsp3) is 0.700. The molecule has 3 heterocycles. The van der Waals surface area contributed by atoms with E-state index in [1.54, 1.807) is 6.07 Å². The van der Waals surface area contributed by atoms with E-state index < -0.39 is 0 Å². The molecule has 0 radical (unpaired) electrons. The molecule has 0 spiro atoms. The van der Waals surface area contributed by atoms with Crippen molar-refractivity contribution in [3.63, 3.8) is 0 Å². The summed E-state index contributed by atoms with van der Waals surface area (Å²) in [6, 6.07) is 1.86. The van der Waals surface area contributed by atoms with Crippen LogP contribution in [-0.2, 0) is 9.59 Å². The van der Waals surface area contributed by atoms with Gasteiger partial charge in [-0.3, -0.25) is 9.59 Å². The maximum atomic E-state index is 12.4. The summed E-state index contributed by atoms with van der Waals surface area (Å²) in [5.74, 6) is 1.78. The number of amides is 2. The average molecular weight is 440 g/mol. The quantitative estimate of drug-likeness (QED) is 0.385.